The molecule has 0 saturated carbocycles. The number of nitro benzene ring substituents is 1. The molecule has 22 atom stereocenters. The van der Waals surface area contributed by atoms with Gasteiger partial charge in [0.2, 0.25) is 10.0 Å². The molecule has 1 rings (SSSR count). The number of alkyl carbamates (subject to hydrolysis) is 1. The normalized spacial score (nSPS) is 16.3. The number of hydrogen-bond acceptors (Lipinski definition) is 6. The molecule has 1 aromatic carbocycles. The van der Waals surface area contributed by atoms with Crippen molar-refractivity contribution in [1.82, 2.24) is 10.0 Å². The highest BCUT2D eigenvalue weighted by atomic mass is 127. The van der Waals surface area contributed by atoms with E-state index >= 15 is 0 Å². The first-order chi connectivity index (χ1) is 30.9. The first kappa shape index (κ1) is 79.8. The van der Waals surface area contributed by atoms with Crippen molar-refractivity contribution in [3.05, 3.63) is 78.0 Å². The highest BCUT2D eigenvalue weighted by Gasteiger charge is 2.37. The molecule has 0 bridgehead atoms. The van der Waals surface area contributed by atoms with Crippen LogP contribution in [0.25, 0.3) is 0 Å². The van der Waals surface area contributed by atoms with E-state index in [1.165, 1.54) is 24.3 Å². The van der Waals surface area contributed by atoms with E-state index < -0.39 is 32.3 Å². The zero-order chi connectivity index (χ0) is 53.0. The number of halogens is 2. The van der Waals surface area contributed by atoms with Crippen LogP contribution in [0.15, 0.2) is 72.8 Å². The van der Waals surface area contributed by atoms with Crippen molar-refractivity contribution in [2.75, 3.05) is 0 Å². The standard InChI is InChI=1S/C16H21IN2O4S.C15H26INO2.H19P17.H9P7/c1-4-7-12(2)16(13(3)10-11-17)18-24(22,23)15-9-6-5-8-14(15)19(20)21;1-7-8-11(2)13(12(3)9-10-16)17-14(18)19-15(4,5)6;1-10-15(11(2)3)17(14(8)9)16(12(4)5)13(6)7;1-5-7(4)6(2)3/h5-11,13,16,18H,4H2,1-3H3;8-10,12-13H,7H2,1-6H3,(H,17,18);10H,1-9H2;5H,1-4H2/b11-10+,12-7+;10-9+,11-8+;;/t13-,16+;12-,13+;;/m00../s1. The minimum Gasteiger partial charge on any atom is -0.444 e. The van der Waals surface area contributed by atoms with E-state index in [9.17, 15) is 23.3 Å². The second-order valence-electron chi connectivity index (χ2n) is 14.3. The molecule has 67 heavy (non-hydrogen) atoms. The number of benzene rings is 1. The zero-order valence-corrected chi connectivity index (χ0v) is 69.3. The summed E-state index contributed by atoms with van der Waals surface area (Å²) in [7, 11) is 37.4. The lowest BCUT2D eigenvalue weighted by Crippen LogP contribution is -2.42. The van der Waals surface area contributed by atoms with Gasteiger partial charge in [-0.2, -0.15) is 0 Å². The van der Waals surface area contributed by atoms with E-state index in [0.717, 1.165) is 39.9 Å². The third kappa shape index (κ3) is 36.6. The molecule has 0 aliphatic heterocycles. The lowest BCUT2D eigenvalue weighted by molar-refractivity contribution is -0.387. The molecule has 1 amide bonds. The SMILES string of the molecule is CC/C=C(\C)[C@@H](NC(=O)OC(C)(C)C)[C@@H](C)/C=C/I.CC/C=C(\C)[C@@H](NS(=O)(=O)c1ccccc1[N+](=O)[O-])[C@@H](C)/C=C/I.PPP(P(P)P)P(P(P)P)P(P(P)P)P(P)P.PPP(P)P(P)P. The molecule has 0 aliphatic rings. The van der Waals surface area contributed by atoms with Gasteiger partial charge >= 0.3 is 6.09 Å². The van der Waals surface area contributed by atoms with Gasteiger partial charge < -0.3 is 10.1 Å². The molecule has 0 aliphatic carbocycles. The van der Waals surface area contributed by atoms with Crippen molar-refractivity contribution < 1.29 is 22.9 Å². The predicted octanol–water partition coefficient (Wildman–Crippen LogP) is 22.2. The van der Waals surface area contributed by atoms with Gasteiger partial charge in [0.1, 0.15) is 5.60 Å². The van der Waals surface area contributed by atoms with Gasteiger partial charge in [0.25, 0.3) is 5.69 Å². The summed E-state index contributed by atoms with van der Waals surface area (Å²) in [4.78, 5) is 22.0. The number of nitrogens with one attached hydrogen (secondary N) is 2. The molecule has 0 aromatic heterocycles. The molecule has 36 heteroatoms. The van der Waals surface area contributed by atoms with Crippen LogP contribution in [0.4, 0.5) is 10.5 Å². The van der Waals surface area contributed by atoms with Gasteiger partial charge in [-0.15, -0.1) is 116 Å². The van der Waals surface area contributed by atoms with Crippen molar-refractivity contribution in [3.63, 3.8) is 0 Å². The number of ether oxygens (including phenoxy) is 1. The van der Waals surface area contributed by atoms with Gasteiger partial charge in [-0.25, -0.2) is 17.9 Å². The van der Waals surface area contributed by atoms with Crippen molar-refractivity contribution in [3.8, 4) is 0 Å². The number of allylic oxidation sites excluding steroid dienone is 2. The summed E-state index contributed by atoms with van der Waals surface area (Å²) in [6.07, 6.45) is 9.42. The van der Waals surface area contributed by atoms with Gasteiger partial charge in [-0.1, -0.05) is 136 Å². The molecule has 18 unspecified atom stereocenters. The third-order valence-electron chi connectivity index (χ3n) is 7.81. The largest absolute Gasteiger partial charge is 0.444 e. The smallest absolute Gasteiger partial charge is 0.408 e. The molecule has 0 radical (unpaired) electrons. The van der Waals surface area contributed by atoms with E-state index in [0.29, 0.717) is 0 Å². The minimum absolute atomic E-state index is 0.0270. The third-order valence-corrected chi connectivity index (χ3v) is 143. The quantitative estimate of drug-likeness (QED) is 0.0391. The molecule has 1 aromatic rings. The average Bonchev–Trinajstić information content (AvgIpc) is 3.21. The van der Waals surface area contributed by atoms with Crippen LogP contribution >= 0.6 is 240 Å². The number of amides is 1. The number of sulfonamides is 1. The molecule has 390 valence electrons. The Morgan fingerprint density at radius 3 is 1.54 bits per heavy atom. The van der Waals surface area contributed by atoms with Crippen molar-refractivity contribution in [2.45, 2.75) is 97.7 Å². The highest BCUT2D eigenvalue weighted by molar-refractivity contribution is 14.1. The van der Waals surface area contributed by atoms with E-state index in [1.54, 1.807) is 0 Å². The topological polar surface area (TPSA) is 128 Å². The maximum atomic E-state index is 12.7. The van der Waals surface area contributed by atoms with Crippen LogP contribution in [0, 0.1) is 22.0 Å². The summed E-state index contributed by atoms with van der Waals surface area (Å²) in [6.45, 7) is 18.9. The Balaban J connectivity index is -0.000000866. The average molecular weight is 1620 g/mol. The lowest BCUT2D eigenvalue weighted by atomic mass is 9.95. The van der Waals surface area contributed by atoms with Crippen LogP contribution in [-0.2, 0) is 14.8 Å². The second-order valence-corrected chi connectivity index (χ2v) is 104. The van der Waals surface area contributed by atoms with E-state index in [-0.39, 0.29) is 91.8 Å². The fraction of sp³-hybridized carbons (Fsp3) is 0.516. The minimum atomic E-state index is -4.03. The van der Waals surface area contributed by atoms with Crippen LogP contribution in [0.2, 0.25) is 0 Å². The molecule has 0 fully saturated rings. The van der Waals surface area contributed by atoms with Crippen molar-refractivity contribution in [2.24, 2.45) is 11.8 Å². The monoisotopic (exact) mass is 1610 g/mol. The Kier molecular flexibility index (Phi) is 53.7. The van der Waals surface area contributed by atoms with E-state index in [4.69, 9.17) is 4.74 Å². The summed E-state index contributed by atoms with van der Waals surface area (Å²) in [5.74, 6) is 0.134. The van der Waals surface area contributed by atoms with Crippen LogP contribution in [0.3, 0.4) is 0 Å². The summed E-state index contributed by atoms with van der Waals surface area (Å²) >= 11 is 4.27. The molecule has 2 N–H and O–H groups in total. The number of para-hydroxylation sites is 1. The van der Waals surface area contributed by atoms with Gasteiger partial charge in [-0.05, 0) is 136 Å². The number of carbonyl (C=O) groups is 1. The molecule has 9 nitrogen and oxygen atoms in total. The molecule has 0 spiro atoms. The first-order valence-corrected chi connectivity index (χ1v) is 65.4. The van der Waals surface area contributed by atoms with Gasteiger partial charge in [0.15, 0.2) is 4.90 Å². The van der Waals surface area contributed by atoms with Gasteiger partial charge in [0.05, 0.1) is 11.0 Å². The van der Waals surface area contributed by atoms with Crippen molar-refractivity contribution >= 4 is 262 Å². The van der Waals surface area contributed by atoms with Crippen LogP contribution in [0.5, 0.6) is 0 Å². The Labute approximate surface area is 476 Å². The van der Waals surface area contributed by atoms with E-state index in [1.807, 2.05) is 68.8 Å². The zero-order valence-electron chi connectivity index (χ0n) is 39.1. The molecular formula is C31H75I2N3O6P24S. The number of carbonyl (C=O) groups excluding carboxylic acids is 1. The Bertz CT molecular complexity index is 1790. The second kappa shape index (κ2) is 45.1. The lowest BCUT2D eigenvalue weighted by Gasteiger charge is -2.41. The van der Waals surface area contributed by atoms with Crippen molar-refractivity contribution in [1.29, 1.82) is 0 Å². The van der Waals surface area contributed by atoms with Crippen LogP contribution in [-0.4, -0.2) is 37.1 Å². The summed E-state index contributed by atoms with van der Waals surface area (Å²) in [5, 5.41) is 14.1. The highest BCUT2D eigenvalue weighted by Crippen LogP contribution is 3.25. The number of nitro groups is 1. The summed E-state index contributed by atoms with van der Waals surface area (Å²) in [5.41, 5.74) is 1.13. The maximum absolute atomic E-state index is 12.7. The number of rotatable bonds is 22. The van der Waals surface area contributed by atoms with Crippen LogP contribution < -0.4 is 10.0 Å². The Hall–Kier alpha value is 8.54. The fourth-order valence-electron chi connectivity index (χ4n) is 4.97. The van der Waals surface area contributed by atoms with Gasteiger partial charge in [0, 0.05) is 12.1 Å². The summed E-state index contributed by atoms with van der Waals surface area (Å²) < 4.78 is 37.2. The number of nitrogens with zero attached hydrogens (tertiary/aromatic N) is 1. The van der Waals surface area contributed by atoms with E-state index in [2.05, 4.69) is 197 Å². The summed E-state index contributed by atoms with van der Waals surface area (Å²) in [6, 6.07) is 4.85. The van der Waals surface area contributed by atoms with Crippen LogP contribution in [0.1, 0.15) is 75.2 Å². The molecular weight excluding hydrogens is 1540 g/mol. The predicted molar refractivity (Wildman–Crippen MR) is 398 cm³/mol. The Morgan fingerprint density at radius 2 is 1.21 bits per heavy atom. The van der Waals surface area contributed by atoms with Gasteiger partial charge in [-0.3, -0.25) is 10.1 Å². The molecule has 0 saturated heterocycles. The fourth-order valence-corrected chi connectivity index (χ4v) is 213. The number of hydrogen-bond donors (Lipinski definition) is 2. The first-order valence-electron chi connectivity index (χ1n) is 19.3. The Morgan fingerprint density at radius 1 is 0.776 bits per heavy atom. The molecule has 0 heterocycles. The maximum Gasteiger partial charge on any atom is 0.408 e.